The molecule has 5 heteroatoms. The van der Waals surface area contributed by atoms with Crippen molar-refractivity contribution < 1.29 is 14.3 Å². The Balaban J connectivity index is 0.00000106. The summed E-state index contributed by atoms with van der Waals surface area (Å²) in [5.41, 5.74) is 2.91. The number of aromatic nitrogens is 1. The minimum absolute atomic E-state index is 0.246. The zero-order valence-electron chi connectivity index (χ0n) is 12.1. The lowest BCUT2D eigenvalue weighted by Gasteiger charge is -2.06. The van der Waals surface area contributed by atoms with Gasteiger partial charge in [-0.15, -0.1) is 0 Å². The summed E-state index contributed by atoms with van der Waals surface area (Å²) in [7, 11) is 0. The second-order valence-corrected chi connectivity index (χ2v) is 3.77. The zero-order chi connectivity index (χ0) is 15.5. The van der Waals surface area contributed by atoms with E-state index in [9.17, 15) is 4.39 Å². The van der Waals surface area contributed by atoms with Gasteiger partial charge in [0.15, 0.2) is 0 Å². The molecule has 2 rings (SSSR count). The third kappa shape index (κ3) is 5.62. The molecule has 0 radical (unpaired) electrons. The van der Waals surface area contributed by atoms with Crippen LogP contribution >= 0.6 is 0 Å². The molecule has 0 amide bonds. The van der Waals surface area contributed by atoms with Gasteiger partial charge in [-0.05, 0) is 23.8 Å². The predicted molar refractivity (Wildman–Crippen MR) is 80.3 cm³/mol. The van der Waals surface area contributed by atoms with Gasteiger partial charge in [0.1, 0.15) is 12.4 Å². The van der Waals surface area contributed by atoms with Crippen molar-refractivity contribution in [3.63, 3.8) is 0 Å². The first-order valence-corrected chi connectivity index (χ1v) is 6.68. The van der Waals surface area contributed by atoms with Crippen LogP contribution in [0.2, 0.25) is 0 Å². The molecule has 1 aromatic heterocycles. The van der Waals surface area contributed by atoms with Crippen molar-refractivity contribution in [2.75, 3.05) is 0 Å². The molecule has 0 aliphatic heterocycles. The molecule has 0 saturated heterocycles. The van der Waals surface area contributed by atoms with Gasteiger partial charge in [-0.1, -0.05) is 32.0 Å². The third-order valence-corrected chi connectivity index (χ3v) is 2.43. The first kappa shape index (κ1) is 16.7. The van der Waals surface area contributed by atoms with E-state index in [4.69, 9.17) is 9.94 Å². The Morgan fingerprint density at radius 2 is 2.10 bits per heavy atom. The molecule has 0 aliphatic rings. The normalized spacial score (nSPS) is 9.90. The monoisotopic (exact) mass is 290 g/mol. The molecule has 0 spiro atoms. The Kier molecular flexibility index (Phi) is 7.53. The van der Waals surface area contributed by atoms with Crippen molar-refractivity contribution in [3.8, 4) is 5.88 Å². The molecule has 0 fully saturated rings. The first-order chi connectivity index (χ1) is 10.3. The number of ether oxygens (including phenoxy) is 1. The Bertz CT molecular complexity index is 559. The van der Waals surface area contributed by atoms with Gasteiger partial charge in [-0.2, -0.15) is 0 Å². The molecule has 4 nitrogen and oxygen atoms in total. The van der Waals surface area contributed by atoms with Crippen molar-refractivity contribution in [1.29, 1.82) is 0 Å². The number of rotatable bonds is 5. The largest absolute Gasteiger partial charge is 0.473 e. The fourth-order valence-corrected chi connectivity index (χ4v) is 1.51. The van der Waals surface area contributed by atoms with Crippen molar-refractivity contribution in [2.45, 2.75) is 20.5 Å². The lowest BCUT2D eigenvalue weighted by Crippen LogP contribution is -1.98. The number of benzene rings is 1. The molecule has 0 atom stereocenters. The van der Waals surface area contributed by atoms with Gasteiger partial charge in [0.2, 0.25) is 5.88 Å². The number of pyridine rings is 1. The number of halogens is 1. The molecule has 2 N–H and O–H groups in total. The molecule has 112 valence electrons. The van der Waals surface area contributed by atoms with E-state index >= 15 is 0 Å². The standard InChI is InChI=1S/C14H13FN2O2.C2H6/c15-13-9-11(4-5-12(13)6-8-17-18)10-19-14-3-1-2-7-16-14;1-2/h1-9,17-18H,10H2;1-2H3/b8-6+;. The number of nitrogens with zero attached hydrogens (tertiary/aromatic N) is 1. The predicted octanol–water partition coefficient (Wildman–Crippen LogP) is 3.78. The highest BCUT2D eigenvalue weighted by Gasteiger charge is 2.02. The molecule has 1 aromatic carbocycles. The van der Waals surface area contributed by atoms with Gasteiger partial charge in [-0.3, -0.25) is 10.7 Å². The zero-order valence-corrected chi connectivity index (χ0v) is 12.1. The number of hydrogen-bond donors (Lipinski definition) is 2. The summed E-state index contributed by atoms with van der Waals surface area (Å²) < 4.78 is 19.1. The fourth-order valence-electron chi connectivity index (χ4n) is 1.51. The average Bonchev–Trinajstić information content (AvgIpc) is 2.55. The minimum atomic E-state index is -0.381. The van der Waals surface area contributed by atoms with Crippen molar-refractivity contribution in [1.82, 2.24) is 10.5 Å². The summed E-state index contributed by atoms with van der Waals surface area (Å²) >= 11 is 0. The van der Waals surface area contributed by atoms with E-state index in [0.29, 0.717) is 17.0 Å². The van der Waals surface area contributed by atoms with Crippen LogP contribution in [0.15, 0.2) is 48.8 Å². The van der Waals surface area contributed by atoms with Crippen LogP contribution in [-0.2, 0) is 6.61 Å². The van der Waals surface area contributed by atoms with Crippen LogP contribution in [0.25, 0.3) is 6.08 Å². The molecule has 0 bridgehead atoms. The third-order valence-electron chi connectivity index (χ3n) is 2.43. The van der Waals surface area contributed by atoms with Crippen molar-refractivity contribution >= 4 is 6.08 Å². The van der Waals surface area contributed by atoms with Crippen molar-refractivity contribution in [2.24, 2.45) is 0 Å². The second-order valence-electron chi connectivity index (χ2n) is 3.77. The Morgan fingerprint density at radius 3 is 2.71 bits per heavy atom. The van der Waals surface area contributed by atoms with Gasteiger partial charge < -0.3 is 4.74 Å². The number of hydrogen-bond acceptors (Lipinski definition) is 4. The lowest BCUT2D eigenvalue weighted by atomic mass is 10.1. The van der Waals surface area contributed by atoms with E-state index in [1.807, 2.05) is 25.4 Å². The van der Waals surface area contributed by atoms with Crippen LogP contribution in [0.5, 0.6) is 5.88 Å². The summed E-state index contributed by atoms with van der Waals surface area (Å²) in [5.74, 6) is 0.116. The minimum Gasteiger partial charge on any atom is -0.473 e. The summed E-state index contributed by atoms with van der Waals surface area (Å²) in [5, 5.41) is 8.40. The number of hydroxylamine groups is 1. The lowest BCUT2D eigenvalue weighted by molar-refractivity contribution is 0.215. The van der Waals surface area contributed by atoms with E-state index < -0.39 is 0 Å². The molecule has 0 saturated carbocycles. The van der Waals surface area contributed by atoms with E-state index in [-0.39, 0.29) is 12.4 Å². The van der Waals surface area contributed by atoms with E-state index in [1.54, 1.807) is 30.5 Å². The highest BCUT2D eigenvalue weighted by molar-refractivity contribution is 5.50. The van der Waals surface area contributed by atoms with Crippen LogP contribution in [0.1, 0.15) is 25.0 Å². The highest BCUT2D eigenvalue weighted by Crippen LogP contribution is 2.14. The Hall–Kier alpha value is -2.40. The van der Waals surface area contributed by atoms with Crippen LogP contribution in [0.4, 0.5) is 4.39 Å². The molecule has 21 heavy (non-hydrogen) atoms. The number of nitrogens with one attached hydrogen (secondary N) is 1. The summed E-state index contributed by atoms with van der Waals surface area (Å²) in [6, 6.07) is 10.1. The molecule has 0 unspecified atom stereocenters. The van der Waals surface area contributed by atoms with E-state index in [2.05, 4.69) is 4.98 Å². The van der Waals surface area contributed by atoms with Gasteiger partial charge in [0, 0.05) is 24.0 Å². The van der Waals surface area contributed by atoms with Crippen LogP contribution in [0, 0.1) is 5.82 Å². The summed E-state index contributed by atoms with van der Waals surface area (Å²) in [6.45, 7) is 4.25. The van der Waals surface area contributed by atoms with Crippen LogP contribution in [0.3, 0.4) is 0 Å². The second kappa shape index (κ2) is 9.50. The quantitative estimate of drug-likeness (QED) is 0.823. The SMILES string of the molecule is CC.ON/C=C/c1ccc(COc2ccccn2)cc1F. The molecule has 0 aliphatic carbocycles. The van der Waals surface area contributed by atoms with Crippen LogP contribution in [-0.4, -0.2) is 10.2 Å². The van der Waals surface area contributed by atoms with Gasteiger partial charge in [0.05, 0.1) is 0 Å². The topological polar surface area (TPSA) is 54.4 Å². The van der Waals surface area contributed by atoms with Gasteiger partial charge in [0.25, 0.3) is 0 Å². The Labute approximate surface area is 123 Å². The highest BCUT2D eigenvalue weighted by atomic mass is 19.1. The maximum absolute atomic E-state index is 13.7. The molecule has 1 heterocycles. The summed E-state index contributed by atoms with van der Waals surface area (Å²) in [4.78, 5) is 4.01. The average molecular weight is 290 g/mol. The maximum atomic E-state index is 13.7. The van der Waals surface area contributed by atoms with Crippen molar-refractivity contribution in [3.05, 3.63) is 65.7 Å². The Morgan fingerprint density at radius 1 is 1.29 bits per heavy atom. The first-order valence-electron chi connectivity index (χ1n) is 6.68. The van der Waals surface area contributed by atoms with Gasteiger partial charge in [-0.25, -0.2) is 9.37 Å². The maximum Gasteiger partial charge on any atom is 0.213 e. The van der Waals surface area contributed by atoms with E-state index in [0.717, 1.165) is 0 Å². The van der Waals surface area contributed by atoms with Crippen LogP contribution < -0.4 is 10.2 Å². The molecular formula is C16H19FN2O2. The summed E-state index contributed by atoms with van der Waals surface area (Å²) in [6.07, 6.45) is 4.30. The van der Waals surface area contributed by atoms with Gasteiger partial charge >= 0.3 is 0 Å². The van der Waals surface area contributed by atoms with E-state index in [1.165, 1.54) is 18.3 Å². The molecule has 2 aromatic rings. The molecular weight excluding hydrogens is 271 g/mol. The fraction of sp³-hybridized carbons (Fsp3) is 0.188. The smallest absolute Gasteiger partial charge is 0.213 e.